The van der Waals surface area contributed by atoms with E-state index in [4.69, 9.17) is 18.9 Å². The zero-order valence-electron chi connectivity index (χ0n) is 15.5. The zero-order valence-corrected chi connectivity index (χ0v) is 15.5. The SMILES string of the molecule is C=CC(=O)OCC(OC(=O)C=C)(OC(=O)C=C)C(=O)OCC(CC)(CO)CO. The van der Waals surface area contributed by atoms with Crippen LogP contribution in [0.4, 0.5) is 0 Å². The van der Waals surface area contributed by atoms with Crippen LogP contribution in [0.2, 0.25) is 0 Å². The van der Waals surface area contributed by atoms with Gasteiger partial charge in [-0.2, -0.15) is 0 Å². The summed E-state index contributed by atoms with van der Waals surface area (Å²) in [4.78, 5) is 47.4. The molecular weight excluding hydrogens is 376 g/mol. The predicted octanol–water partition coefficient (Wildman–Crippen LogP) is -0.205. The monoisotopic (exact) mass is 400 g/mol. The van der Waals surface area contributed by atoms with Crippen LogP contribution in [0.5, 0.6) is 0 Å². The Hall–Kier alpha value is -2.98. The summed E-state index contributed by atoms with van der Waals surface area (Å²) in [6.45, 7) is 8.52. The minimum atomic E-state index is -2.81. The van der Waals surface area contributed by atoms with E-state index in [-0.39, 0.29) is 6.42 Å². The lowest BCUT2D eigenvalue weighted by molar-refractivity contribution is -0.248. The van der Waals surface area contributed by atoms with Crippen molar-refractivity contribution >= 4 is 23.9 Å². The van der Waals surface area contributed by atoms with Crippen molar-refractivity contribution < 1.29 is 48.3 Å². The van der Waals surface area contributed by atoms with Gasteiger partial charge in [0, 0.05) is 18.2 Å². The van der Waals surface area contributed by atoms with Crippen LogP contribution in [0.25, 0.3) is 0 Å². The standard InChI is InChI=1S/C18H24O10/c1-5-13(21)25-12-18(27-14(22)6-2,28-15(23)7-3)16(24)26-11-17(8-4,9-19)10-20/h5-7,19-20H,1-3,8-12H2,4H3. The largest absolute Gasteiger partial charge is 0.459 e. The second-order valence-corrected chi connectivity index (χ2v) is 5.56. The highest BCUT2D eigenvalue weighted by Gasteiger charge is 2.50. The number of carbonyl (C=O) groups is 4. The molecule has 10 nitrogen and oxygen atoms in total. The molecule has 0 aliphatic carbocycles. The molecule has 2 N–H and O–H groups in total. The number of ether oxygens (including phenoxy) is 4. The second-order valence-electron chi connectivity index (χ2n) is 5.56. The molecule has 0 aromatic rings. The summed E-state index contributed by atoms with van der Waals surface area (Å²) in [5.41, 5.74) is -1.19. The fraction of sp³-hybridized carbons (Fsp3) is 0.444. The highest BCUT2D eigenvalue weighted by Crippen LogP contribution is 2.24. The normalized spacial score (nSPS) is 11.0. The molecule has 28 heavy (non-hydrogen) atoms. The Kier molecular flexibility index (Phi) is 10.4. The smallest absolute Gasteiger partial charge is 0.397 e. The van der Waals surface area contributed by atoms with Crippen LogP contribution < -0.4 is 0 Å². The Bertz CT molecular complexity index is 588. The molecule has 0 saturated heterocycles. The molecule has 0 aromatic heterocycles. The number of hydrogen-bond donors (Lipinski definition) is 2. The third-order valence-electron chi connectivity index (χ3n) is 3.68. The van der Waals surface area contributed by atoms with Gasteiger partial charge in [-0.1, -0.05) is 26.7 Å². The molecule has 0 aliphatic heterocycles. The topological polar surface area (TPSA) is 146 Å². The first-order valence-electron chi connectivity index (χ1n) is 8.07. The highest BCUT2D eigenvalue weighted by atomic mass is 16.8. The Morgan fingerprint density at radius 3 is 1.64 bits per heavy atom. The van der Waals surface area contributed by atoms with Crippen molar-refractivity contribution in [3.8, 4) is 0 Å². The van der Waals surface area contributed by atoms with E-state index in [1.807, 2.05) is 0 Å². The van der Waals surface area contributed by atoms with Gasteiger partial charge in [-0.15, -0.1) is 0 Å². The van der Waals surface area contributed by atoms with E-state index in [2.05, 4.69) is 19.7 Å². The summed E-state index contributed by atoms with van der Waals surface area (Å²) in [6, 6.07) is 0. The number of aliphatic hydroxyl groups is 2. The number of hydrogen-bond acceptors (Lipinski definition) is 10. The van der Waals surface area contributed by atoms with Gasteiger partial charge in [0.1, 0.15) is 6.61 Å². The van der Waals surface area contributed by atoms with E-state index in [0.29, 0.717) is 12.2 Å². The van der Waals surface area contributed by atoms with Gasteiger partial charge in [-0.3, -0.25) is 0 Å². The van der Waals surface area contributed by atoms with E-state index in [9.17, 15) is 29.4 Å². The Morgan fingerprint density at radius 2 is 1.29 bits per heavy atom. The molecule has 0 aliphatic rings. The van der Waals surface area contributed by atoms with Gasteiger partial charge in [0.2, 0.25) is 0 Å². The molecule has 0 unspecified atom stereocenters. The molecule has 10 heteroatoms. The maximum atomic E-state index is 12.6. The van der Waals surface area contributed by atoms with Gasteiger partial charge in [0.15, 0.2) is 6.61 Å². The maximum absolute atomic E-state index is 12.6. The summed E-state index contributed by atoms with van der Waals surface area (Å²) >= 11 is 0. The van der Waals surface area contributed by atoms with Crippen LogP contribution in [-0.2, 0) is 38.1 Å². The van der Waals surface area contributed by atoms with Crippen molar-refractivity contribution in [2.24, 2.45) is 5.41 Å². The molecular formula is C18H24O10. The molecule has 0 fully saturated rings. The molecule has 0 rings (SSSR count). The van der Waals surface area contributed by atoms with Crippen LogP contribution >= 0.6 is 0 Å². The van der Waals surface area contributed by atoms with E-state index >= 15 is 0 Å². The predicted molar refractivity (Wildman–Crippen MR) is 94.3 cm³/mol. The minimum Gasteiger partial charge on any atom is -0.459 e. The third kappa shape index (κ3) is 6.97. The van der Waals surface area contributed by atoms with Gasteiger partial charge < -0.3 is 29.2 Å². The van der Waals surface area contributed by atoms with Gasteiger partial charge in [0.05, 0.1) is 18.6 Å². The molecule has 0 spiro atoms. The molecule has 0 aromatic carbocycles. The average Bonchev–Trinajstić information content (AvgIpc) is 2.72. The Morgan fingerprint density at radius 1 is 0.821 bits per heavy atom. The Balaban J connectivity index is 5.85. The zero-order chi connectivity index (χ0) is 21.8. The highest BCUT2D eigenvalue weighted by molar-refractivity contribution is 5.90. The number of carbonyl (C=O) groups excluding carboxylic acids is 4. The van der Waals surface area contributed by atoms with Gasteiger partial charge >= 0.3 is 29.7 Å². The molecule has 0 amide bonds. The van der Waals surface area contributed by atoms with Crippen LogP contribution in [0.15, 0.2) is 38.0 Å². The van der Waals surface area contributed by atoms with E-state index in [1.54, 1.807) is 6.92 Å². The lowest BCUT2D eigenvalue weighted by Gasteiger charge is -2.32. The lowest BCUT2D eigenvalue weighted by Crippen LogP contribution is -2.53. The molecule has 156 valence electrons. The van der Waals surface area contributed by atoms with Crippen molar-refractivity contribution in [2.75, 3.05) is 26.4 Å². The quantitative estimate of drug-likeness (QED) is 0.184. The first-order valence-corrected chi connectivity index (χ1v) is 8.07. The van der Waals surface area contributed by atoms with Crippen molar-refractivity contribution in [1.82, 2.24) is 0 Å². The van der Waals surface area contributed by atoms with E-state index in [0.717, 1.165) is 6.08 Å². The first-order chi connectivity index (χ1) is 13.2. The average molecular weight is 400 g/mol. The van der Waals surface area contributed by atoms with E-state index < -0.39 is 61.5 Å². The molecule has 0 heterocycles. The Labute approximate surface area is 162 Å². The number of aliphatic hydroxyl groups excluding tert-OH is 2. The maximum Gasteiger partial charge on any atom is 0.397 e. The molecule has 0 bridgehead atoms. The number of rotatable bonds is 13. The summed E-state index contributed by atoms with van der Waals surface area (Å²) in [5, 5.41) is 18.9. The fourth-order valence-electron chi connectivity index (χ4n) is 1.65. The first kappa shape index (κ1) is 25.0. The summed E-state index contributed by atoms with van der Waals surface area (Å²) < 4.78 is 19.4. The van der Waals surface area contributed by atoms with Gasteiger partial charge in [-0.25, -0.2) is 19.2 Å². The molecule has 0 saturated carbocycles. The van der Waals surface area contributed by atoms with Crippen LogP contribution in [0.1, 0.15) is 13.3 Å². The van der Waals surface area contributed by atoms with E-state index in [1.165, 1.54) is 0 Å². The third-order valence-corrected chi connectivity index (χ3v) is 3.68. The number of esters is 4. The van der Waals surface area contributed by atoms with Crippen molar-refractivity contribution in [1.29, 1.82) is 0 Å². The summed E-state index contributed by atoms with van der Waals surface area (Å²) in [5.74, 6) is -7.60. The van der Waals surface area contributed by atoms with Crippen molar-refractivity contribution in [3.63, 3.8) is 0 Å². The summed E-state index contributed by atoms with van der Waals surface area (Å²) in [6.07, 6.45) is 2.35. The van der Waals surface area contributed by atoms with Crippen molar-refractivity contribution in [3.05, 3.63) is 38.0 Å². The van der Waals surface area contributed by atoms with Gasteiger partial charge in [0.25, 0.3) is 0 Å². The lowest BCUT2D eigenvalue weighted by atomic mass is 9.88. The van der Waals surface area contributed by atoms with Crippen LogP contribution in [0.3, 0.4) is 0 Å². The molecule has 0 atom stereocenters. The van der Waals surface area contributed by atoms with Gasteiger partial charge in [-0.05, 0) is 6.42 Å². The second kappa shape index (κ2) is 11.7. The van der Waals surface area contributed by atoms with Crippen LogP contribution in [0, 0.1) is 5.41 Å². The summed E-state index contributed by atoms with van der Waals surface area (Å²) in [7, 11) is 0. The fourth-order valence-corrected chi connectivity index (χ4v) is 1.65. The minimum absolute atomic E-state index is 0.227. The van der Waals surface area contributed by atoms with Crippen LogP contribution in [-0.4, -0.2) is 66.3 Å². The molecule has 0 radical (unpaired) electrons. The van der Waals surface area contributed by atoms with Crippen molar-refractivity contribution in [2.45, 2.75) is 19.1 Å².